The van der Waals surface area contributed by atoms with Crippen molar-refractivity contribution in [2.45, 2.75) is 31.6 Å². The summed E-state index contributed by atoms with van der Waals surface area (Å²) in [5, 5.41) is 23.0. The number of nitrogens with zero attached hydrogens (tertiary/aromatic N) is 3. The maximum Gasteiger partial charge on any atom is 0.306 e. The molecule has 122 valence electrons. The zero-order valence-corrected chi connectivity index (χ0v) is 14.2. The zero-order chi connectivity index (χ0) is 16.4. The summed E-state index contributed by atoms with van der Waals surface area (Å²) in [7, 11) is 1.82. The second kappa shape index (κ2) is 6.80. The number of carboxylic acids is 1. The lowest BCUT2D eigenvalue weighted by Crippen LogP contribution is -2.20. The van der Waals surface area contributed by atoms with Crippen molar-refractivity contribution in [2.75, 3.05) is 12.4 Å². The molecule has 0 aliphatic heterocycles. The first-order chi connectivity index (χ1) is 11.1. The first-order valence-corrected chi connectivity index (χ1v) is 8.67. The van der Waals surface area contributed by atoms with Crippen molar-refractivity contribution in [1.82, 2.24) is 15.2 Å². The summed E-state index contributed by atoms with van der Waals surface area (Å²) in [5.74, 6) is -0.600. The first-order valence-electron chi connectivity index (χ1n) is 7.48. The van der Waals surface area contributed by atoms with Crippen LogP contribution in [0.5, 0.6) is 0 Å². The SMILES string of the molecule is CNc1cc(Cl)ncc1-c1nnc(C2CCC(C(=O)O)CC2)s1. The van der Waals surface area contributed by atoms with Gasteiger partial charge in [-0.2, -0.15) is 0 Å². The van der Waals surface area contributed by atoms with Crippen LogP contribution < -0.4 is 5.32 Å². The van der Waals surface area contributed by atoms with Gasteiger partial charge in [-0.1, -0.05) is 22.9 Å². The number of rotatable bonds is 4. The number of hydrogen-bond acceptors (Lipinski definition) is 6. The van der Waals surface area contributed by atoms with Crippen LogP contribution in [0.1, 0.15) is 36.6 Å². The van der Waals surface area contributed by atoms with E-state index in [2.05, 4.69) is 20.5 Å². The Labute approximate surface area is 142 Å². The number of halogens is 1. The maximum absolute atomic E-state index is 11.0. The topological polar surface area (TPSA) is 88.0 Å². The predicted molar refractivity (Wildman–Crippen MR) is 90.0 cm³/mol. The van der Waals surface area contributed by atoms with Gasteiger partial charge in [-0.25, -0.2) is 4.98 Å². The van der Waals surface area contributed by atoms with Crippen molar-refractivity contribution in [1.29, 1.82) is 0 Å². The average Bonchev–Trinajstić information content (AvgIpc) is 3.04. The monoisotopic (exact) mass is 352 g/mol. The zero-order valence-electron chi connectivity index (χ0n) is 12.6. The molecule has 1 aliphatic rings. The summed E-state index contributed by atoms with van der Waals surface area (Å²) in [6.07, 6.45) is 4.81. The molecule has 0 atom stereocenters. The smallest absolute Gasteiger partial charge is 0.306 e. The summed E-state index contributed by atoms with van der Waals surface area (Å²) >= 11 is 7.46. The Kier molecular flexibility index (Phi) is 4.77. The third kappa shape index (κ3) is 3.45. The van der Waals surface area contributed by atoms with Gasteiger partial charge in [0.25, 0.3) is 0 Å². The quantitative estimate of drug-likeness (QED) is 0.816. The van der Waals surface area contributed by atoms with Crippen LogP contribution in [0.25, 0.3) is 10.6 Å². The molecule has 2 aromatic heterocycles. The molecule has 0 radical (unpaired) electrons. The summed E-state index contributed by atoms with van der Waals surface area (Å²) in [5.41, 5.74) is 1.74. The van der Waals surface area contributed by atoms with Crippen LogP contribution in [0.3, 0.4) is 0 Å². The number of nitrogens with one attached hydrogen (secondary N) is 1. The van der Waals surface area contributed by atoms with E-state index in [0.29, 0.717) is 23.9 Å². The van der Waals surface area contributed by atoms with Gasteiger partial charge in [0, 0.05) is 24.8 Å². The molecular weight excluding hydrogens is 336 g/mol. The van der Waals surface area contributed by atoms with Crippen LogP contribution in [0.4, 0.5) is 5.69 Å². The van der Waals surface area contributed by atoms with E-state index >= 15 is 0 Å². The van der Waals surface area contributed by atoms with Gasteiger partial charge in [-0.15, -0.1) is 10.2 Å². The van der Waals surface area contributed by atoms with E-state index in [1.165, 1.54) is 0 Å². The Morgan fingerprint density at radius 1 is 1.35 bits per heavy atom. The molecule has 3 rings (SSSR count). The van der Waals surface area contributed by atoms with Crippen LogP contribution in [0.2, 0.25) is 5.15 Å². The number of aliphatic carboxylic acids is 1. The highest BCUT2D eigenvalue weighted by molar-refractivity contribution is 7.14. The highest BCUT2D eigenvalue weighted by atomic mass is 35.5. The van der Waals surface area contributed by atoms with Gasteiger partial charge in [0.15, 0.2) is 5.01 Å². The number of pyridine rings is 1. The molecule has 1 aliphatic carbocycles. The van der Waals surface area contributed by atoms with Gasteiger partial charge in [-0.3, -0.25) is 4.79 Å². The molecule has 0 spiro atoms. The summed E-state index contributed by atoms with van der Waals surface area (Å²) in [6.45, 7) is 0. The predicted octanol–water partition coefficient (Wildman–Crippen LogP) is 3.65. The number of hydrogen-bond donors (Lipinski definition) is 2. The van der Waals surface area contributed by atoms with Crippen molar-refractivity contribution in [3.63, 3.8) is 0 Å². The Morgan fingerprint density at radius 2 is 2.09 bits per heavy atom. The largest absolute Gasteiger partial charge is 0.481 e. The minimum absolute atomic E-state index is 0.213. The molecule has 0 amide bonds. The van der Waals surface area contributed by atoms with Crippen molar-refractivity contribution in [2.24, 2.45) is 5.92 Å². The number of aromatic nitrogens is 3. The van der Waals surface area contributed by atoms with Gasteiger partial charge >= 0.3 is 5.97 Å². The highest BCUT2D eigenvalue weighted by Gasteiger charge is 2.29. The van der Waals surface area contributed by atoms with Crippen LogP contribution >= 0.6 is 22.9 Å². The Morgan fingerprint density at radius 3 is 2.74 bits per heavy atom. The lowest BCUT2D eigenvalue weighted by molar-refractivity contribution is -0.142. The molecule has 2 heterocycles. The van der Waals surface area contributed by atoms with E-state index in [0.717, 1.165) is 34.1 Å². The average molecular weight is 353 g/mol. The molecule has 2 N–H and O–H groups in total. The molecule has 0 aromatic carbocycles. The number of anilines is 1. The summed E-state index contributed by atoms with van der Waals surface area (Å²) in [6, 6.07) is 1.76. The van der Waals surface area contributed by atoms with Crippen LogP contribution in [0.15, 0.2) is 12.3 Å². The van der Waals surface area contributed by atoms with Gasteiger partial charge in [0.2, 0.25) is 0 Å². The van der Waals surface area contributed by atoms with Gasteiger partial charge in [0.05, 0.1) is 11.5 Å². The van der Waals surface area contributed by atoms with Crippen LogP contribution in [-0.2, 0) is 4.79 Å². The van der Waals surface area contributed by atoms with Gasteiger partial charge in [-0.05, 0) is 31.7 Å². The Hall–Kier alpha value is -1.73. The Bertz CT molecular complexity index is 713. The number of carbonyl (C=O) groups is 1. The molecular formula is C15H17ClN4O2S. The fourth-order valence-corrected chi connectivity index (χ4v) is 4.10. The molecule has 6 nitrogen and oxygen atoms in total. The minimum Gasteiger partial charge on any atom is -0.481 e. The maximum atomic E-state index is 11.0. The van der Waals surface area contributed by atoms with E-state index in [1.807, 2.05) is 7.05 Å². The fourth-order valence-electron chi connectivity index (χ4n) is 2.90. The normalized spacial score (nSPS) is 21.1. The summed E-state index contributed by atoms with van der Waals surface area (Å²) in [4.78, 5) is 15.1. The molecule has 8 heteroatoms. The Balaban J connectivity index is 1.78. The number of carboxylic acid groups (broad SMARTS) is 1. The second-order valence-corrected chi connectivity index (χ2v) is 7.03. The molecule has 0 unspecified atom stereocenters. The fraction of sp³-hybridized carbons (Fsp3) is 0.467. The van der Waals surface area contributed by atoms with E-state index in [4.69, 9.17) is 16.7 Å². The van der Waals surface area contributed by atoms with E-state index in [9.17, 15) is 4.79 Å². The lowest BCUT2D eigenvalue weighted by Gasteiger charge is -2.23. The van der Waals surface area contributed by atoms with Crippen LogP contribution in [-0.4, -0.2) is 33.3 Å². The molecule has 0 saturated heterocycles. The van der Waals surface area contributed by atoms with Crippen LogP contribution in [0, 0.1) is 5.92 Å². The van der Waals surface area contributed by atoms with E-state index in [-0.39, 0.29) is 5.92 Å². The minimum atomic E-state index is -0.688. The van der Waals surface area contributed by atoms with Crippen molar-refractivity contribution < 1.29 is 9.90 Å². The lowest BCUT2D eigenvalue weighted by atomic mass is 9.82. The van der Waals surface area contributed by atoms with Crippen molar-refractivity contribution in [3.8, 4) is 10.6 Å². The van der Waals surface area contributed by atoms with Crippen molar-refractivity contribution in [3.05, 3.63) is 22.4 Å². The van der Waals surface area contributed by atoms with Gasteiger partial charge in [0.1, 0.15) is 10.2 Å². The molecule has 2 aromatic rings. The summed E-state index contributed by atoms with van der Waals surface area (Å²) < 4.78 is 0. The highest BCUT2D eigenvalue weighted by Crippen LogP contribution is 2.39. The molecule has 0 bridgehead atoms. The molecule has 1 saturated carbocycles. The second-order valence-electron chi connectivity index (χ2n) is 5.63. The van der Waals surface area contributed by atoms with Gasteiger partial charge < -0.3 is 10.4 Å². The standard InChI is InChI=1S/C15H17ClN4O2S/c1-17-11-6-12(16)18-7-10(11)14-20-19-13(23-14)8-2-4-9(5-3-8)15(21)22/h6-9H,2-5H2,1H3,(H,17,18)(H,21,22). The molecule has 23 heavy (non-hydrogen) atoms. The van der Waals surface area contributed by atoms with E-state index < -0.39 is 5.97 Å². The van der Waals surface area contributed by atoms with E-state index in [1.54, 1.807) is 23.6 Å². The molecule has 1 fully saturated rings. The third-order valence-electron chi connectivity index (χ3n) is 4.24. The first kappa shape index (κ1) is 16.1. The third-order valence-corrected chi connectivity index (χ3v) is 5.56. The van der Waals surface area contributed by atoms with Crippen molar-refractivity contribution >= 4 is 34.6 Å².